The van der Waals surface area contributed by atoms with Crippen LogP contribution in [0.15, 0.2) is 11.4 Å². The zero-order chi connectivity index (χ0) is 13.2. The lowest BCUT2D eigenvalue weighted by atomic mass is 9.89. The summed E-state index contributed by atoms with van der Waals surface area (Å²) in [4.78, 5) is 11.8. The second-order valence-corrected chi connectivity index (χ2v) is 7.58. The van der Waals surface area contributed by atoms with Crippen molar-refractivity contribution < 1.29 is 0 Å². The smallest absolute Gasteiger partial charge is 0.128 e. The molecule has 0 aliphatic heterocycles. The van der Waals surface area contributed by atoms with Crippen LogP contribution in [0.4, 0.5) is 0 Å². The molecular weight excluding hydrogens is 272 g/mol. The van der Waals surface area contributed by atoms with Crippen LogP contribution in [-0.2, 0) is 12.8 Å². The molecule has 2 aromatic heterocycles. The largest absolute Gasteiger partial charge is 0.229 e. The van der Waals surface area contributed by atoms with Gasteiger partial charge in [-0.3, -0.25) is 0 Å². The lowest BCUT2D eigenvalue weighted by Gasteiger charge is -2.18. The van der Waals surface area contributed by atoms with E-state index in [1.165, 1.54) is 53.1 Å². The molecule has 102 valence electrons. The fraction of sp³-hybridized carbons (Fsp3) is 0.600. The number of hydrogen-bond acceptors (Lipinski definition) is 4. The molecule has 0 amide bonds. The molecule has 1 atom stereocenters. The normalized spacial score (nSPS) is 18.7. The molecule has 0 bridgehead atoms. The summed E-state index contributed by atoms with van der Waals surface area (Å²) in [6.07, 6.45) is 8.01. The fourth-order valence-corrected chi connectivity index (χ4v) is 5.20. The van der Waals surface area contributed by atoms with Gasteiger partial charge in [0.25, 0.3) is 0 Å². The van der Waals surface area contributed by atoms with Crippen molar-refractivity contribution in [2.45, 2.75) is 51.0 Å². The Balaban J connectivity index is 1.99. The molecule has 0 radical (unpaired) electrons. The number of aromatic nitrogens is 2. The predicted molar refractivity (Wildman–Crippen MR) is 84.2 cm³/mol. The van der Waals surface area contributed by atoms with Gasteiger partial charge in [0.15, 0.2) is 0 Å². The van der Waals surface area contributed by atoms with E-state index >= 15 is 0 Å². The molecule has 0 N–H and O–H groups in total. The molecule has 2 aromatic rings. The van der Waals surface area contributed by atoms with Crippen LogP contribution in [0.2, 0.25) is 0 Å². The SMILES string of the molecule is CCCCSc1ncnc2sc3c(c12)CCC(C)C3. The van der Waals surface area contributed by atoms with E-state index in [9.17, 15) is 0 Å². The van der Waals surface area contributed by atoms with Crippen molar-refractivity contribution >= 4 is 33.3 Å². The van der Waals surface area contributed by atoms with E-state index in [0.717, 1.165) is 5.92 Å². The Kier molecular flexibility index (Phi) is 4.08. The molecule has 1 unspecified atom stereocenters. The second kappa shape index (κ2) is 5.80. The highest BCUT2D eigenvalue weighted by Gasteiger charge is 2.22. The van der Waals surface area contributed by atoms with Gasteiger partial charge in [0.1, 0.15) is 16.2 Å². The zero-order valence-electron chi connectivity index (χ0n) is 11.6. The van der Waals surface area contributed by atoms with Crippen LogP contribution < -0.4 is 0 Å². The summed E-state index contributed by atoms with van der Waals surface area (Å²) in [6, 6.07) is 0. The van der Waals surface area contributed by atoms with E-state index < -0.39 is 0 Å². The van der Waals surface area contributed by atoms with Crippen molar-refractivity contribution in [1.82, 2.24) is 9.97 Å². The van der Waals surface area contributed by atoms with E-state index in [1.54, 1.807) is 16.8 Å². The highest BCUT2D eigenvalue weighted by Crippen LogP contribution is 2.40. The summed E-state index contributed by atoms with van der Waals surface area (Å²) in [5, 5.41) is 2.58. The summed E-state index contributed by atoms with van der Waals surface area (Å²) in [7, 11) is 0. The van der Waals surface area contributed by atoms with E-state index in [0.29, 0.717) is 0 Å². The number of thioether (sulfide) groups is 1. The predicted octanol–water partition coefficient (Wildman–Crippen LogP) is 4.71. The Bertz CT molecular complexity index is 577. The lowest BCUT2D eigenvalue weighted by molar-refractivity contribution is 0.509. The van der Waals surface area contributed by atoms with Crippen LogP contribution in [0.3, 0.4) is 0 Å². The van der Waals surface area contributed by atoms with Crippen LogP contribution in [0.1, 0.15) is 43.6 Å². The number of hydrogen-bond donors (Lipinski definition) is 0. The average molecular weight is 292 g/mol. The third-order valence-electron chi connectivity index (χ3n) is 3.79. The maximum atomic E-state index is 4.54. The van der Waals surface area contributed by atoms with Gasteiger partial charge in [-0.15, -0.1) is 23.1 Å². The molecule has 2 heterocycles. The monoisotopic (exact) mass is 292 g/mol. The van der Waals surface area contributed by atoms with Crippen LogP contribution in [0, 0.1) is 5.92 Å². The van der Waals surface area contributed by atoms with Gasteiger partial charge in [0.05, 0.1) is 0 Å². The van der Waals surface area contributed by atoms with Crippen molar-refractivity contribution in [3.05, 3.63) is 16.8 Å². The van der Waals surface area contributed by atoms with E-state index in [4.69, 9.17) is 0 Å². The van der Waals surface area contributed by atoms with Gasteiger partial charge in [-0.1, -0.05) is 20.3 Å². The third-order valence-corrected chi connectivity index (χ3v) is 6.03. The van der Waals surface area contributed by atoms with Crippen LogP contribution in [-0.4, -0.2) is 15.7 Å². The van der Waals surface area contributed by atoms with Gasteiger partial charge >= 0.3 is 0 Å². The van der Waals surface area contributed by atoms with Crippen molar-refractivity contribution in [2.24, 2.45) is 5.92 Å². The van der Waals surface area contributed by atoms with Gasteiger partial charge in [0.2, 0.25) is 0 Å². The van der Waals surface area contributed by atoms with Gasteiger partial charge in [-0.25, -0.2) is 9.97 Å². The average Bonchev–Trinajstić information content (AvgIpc) is 2.77. The van der Waals surface area contributed by atoms with Crippen LogP contribution in [0.25, 0.3) is 10.2 Å². The highest BCUT2D eigenvalue weighted by atomic mass is 32.2. The Morgan fingerprint density at radius 3 is 3.16 bits per heavy atom. The minimum absolute atomic E-state index is 0.824. The molecule has 0 saturated heterocycles. The molecule has 19 heavy (non-hydrogen) atoms. The van der Waals surface area contributed by atoms with Crippen molar-refractivity contribution in [2.75, 3.05) is 5.75 Å². The maximum absolute atomic E-state index is 4.54. The summed E-state index contributed by atoms with van der Waals surface area (Å²) >= 11 is 3.80. The number of nitrogens with zero attached hydrogens (tertiary/aromatic N) is 2. The first-order valence-corrected chi connectivity index (χ1v) is 8.97. The first-order chi connectivity index (χ1) is 9.29. The standard InChI is InChI=1S/C15H20N2S2/c1-3-4-7-18-14-13-11-6-5-10(2)8-12(11)19-15(13)17-9-16-14/h9-10H,3-8H2,1-2H3. The molecular formula is C15H20N2S2. The third kappa shape index (κ3) is 2.65. The molecule has 3 rings (SSSR count). The first kappa shape index (κ1) is 13.4. The first-order valence-electron chi connectivity index (χ1n) is 7.17. The molecule has 1 aliphatic carbocycles. The van der Waals surface area contributed by atoms with Crippen molar-refractivity contribution in [3.8, 4) is 0 Å². The number of aryl methyl sites for hydroxylation is 1. The highest BCUT2D eigenvalue weighted by molar-refractivity contribution is 7.99. The minimum Gasteiger partial charge on any atom is -0.229 e. The summed E-state index contributed by atoms with van der Waals surface area (Å²) in [5.74, 6) is 1.99. The second-order valence-electron chi connectivity index (χ2n) is 5.41. The van der Waals surface area contributed by atoms with Gasteiger partial charge < -0.3 is 0 Å². The van der Waals surface area contributed by atoms with Crippen LogP contribution in [0.5, 0.6) is 0 Å². The Hall–Kier alpha value is -0.610. The maximum Gasteiger partial charge on any atom is 0.128 e. The van der Waals surface area contributed by atoms with Gasteiger partial charge in [0, 0.05) is 10.3 Å². The van der Waals surface area contributed by atoms with E-state index in [2.05, 4.69) is 23.8 Å². The molecule has 1 aliphatic rings. The summed E-state index contributed by atoms with van der Waals surface area (Å²) < 4.78 is 0. The number of fused-ring (bicyclic) bond motifs is 3. The van der Waals surface area contributed by atoms with Crippen molar-refractivity contribution in [3.63, 3.8) is 0 Å². The molecule has 0 aromatic carbocycles. The van der Waals surface area contributed by atoms with Crippen molar-refractivity contribution in [1.29, 1.82) is 0 Å². The van der Waals surface area contributed by atoms with Gasteiger partial charge in [-0.05, 0) is 42.9 Å². The molecule has 0 spiro atoms. The number of thiophene rings is 1. The number of rotatable bonds is 4. The molecule has 2 nitrogen and oxygen atoms in total. The van der Waals surface area contributed by atoms with Crippen LogP contribution >= 0.6 is 23.1 Å². The van der Waals surface area contributed by atoms with E-state index in [1.807, 2.05) is 23.1 Å². The molecule has 4 heteroatoms. The summed E-state index contributed by atoms with van der Waals surface area (Å²) in [6.45, 7) is 4.60. The Morgan fingerprint density at radius 2 is 2.32 bits per heavy atom. The Labute approximate surface area is 123 Å². The fourth-order valence-electron chi connectivity index (χ4n) is 2.67. The van der Waals surface area contributed by atoms with E-state index in [-0.39, 0.29) is 0 Å². The Morgan fingerprint density at radius 1 is 1.42 bits per heavy atom. The van der Waals surface area contributed by atoms with Gasteiger partial charge in [-0.2, -0.15) is 0 Å². The zero-order valence-corrected chi connectivity index (χ0v) is 13.2. The molecule has 0 saturated carbocycles. The number of unbranched alkanes of at least 4 members (excludes halogenated alkanes) is 1. The quantitative estimate of drug-likeness (QED) is 0.464. The summed E-state index contributed by atoms with van der Waals surface area (Å²) in [5.41, 5.74) is 1.55. The molecule has 0 fully saturated rings. The lowest BCUT2D eigenvalue weighted by Crippen LogP contribution is -2.08. The topological polar surface area (TPSA) is 25.8 Å². The minimum atomic E-state index is 0.824.